The molecule has 2 aromatic rings. The van der Waals surface area contributed by atoms with Crippen molar-refractivity contribution in [1.82, 2.24) is 20.1 Å². The van der Waals surface area contributed by atoms with Gasteiger partial charge >= 0.3 is 0 Å². The first-order valence-electron chi connectivity index (χ1n) is 6.48. The normalized spacial score (nSPS) is 10.9. The van der Waals surface area contributed by atoms with Crippen LogP contribution in [0.3, 0.4) is 0 Å². The van der Waals surface area contributed by atoms with E-state index in [1.807, 2.05) is 6.92 Å². The van der Waals surface area contributed by atoms with E-state index in [1.54, 1.807) is 4.57 Å². The maximum atomic E-state index is 12.2. The SMILES string of the molecule is CCn1c(CNC(=O)c2ccc(SC(F)F)cc2)n[nH]c1=S. The highest BCUT2D eigenvalue weighted by molar-refractivity contribution is 7.99. The molecule has 0 saturated heterocycles. The van der Waals surface area contributed by atoms with Crippen LogP contribution in [0, 0.1) is 4.77 Å². The van der Waals surface area contributed by atoms with Crippen molar-refractivity contribution in [3.8, 4) is 0 Å². The lowest BCUT2D eigenvalue weighted by molar-refractivity contribution is 0.0949. The number of rotatable bonds is 6. The number of alkyl halides is 2. The van der Waals surface area contributed by atoms with Crippen LogP contribution < -0.4 is 5.32 Å². The van der Waals surface area contributed by atoms with Crippen LogP contribution in [-0.2, 0) is 13.1 Å². The van der Waals surface area contributed by atoms with E-state index < -0.39 is 5.76 Å². The van der Waals surface area contributed by atoms with Crippen LogP contribution in [0.2, 0.25) is 0 Å². The number of halogens is 2. The first kappa shape index (κ1) is 16.6. The van der Waals surface area contributed by atoms with Gasteiger partial charge in [-0.15, -0.1) is 0 Å². The highest BCUT2D eigenvalue weighted by Gasteiger charge is 2.10. The number of nitrogens with one attached hydrogen (secondary N) is 2. The Morgan fingerprint density at radius 1 is 1.45 bits per heavy atom. The number of nitrogens with zero attached hydrogens (tertiary/aromatic N) is 2. The maximum absolute atomic E-state index is 12.2. The Labute approximate surface area is 135 Å². The molecule has 0 spiro atoms. The van der Waals surface area contributed by atoms with Crippen LogP contribution in [-0.4, -0.2) is 26.4 Å². The Kier molecular flexibility index (Phi) is 5.67. The van der Waals surface area contributed by atoms with E-state index >= 15 is 0 Å². The van der Waals surface area contributed by atoms with Crippen LogP contribution in [0.15, 0.2) is 29.2 Å². The van der Waals surface area contributed by atoms with E-state index in [0.717, 1.165) is 0 Å². The zero-order chi connectivity index (χ0) is 16.1. The second-order valence-electron chi connectivity index (χ2n) is 4.27. The summed E-state index contributed by atoms with van der Waals surface area (Å²) in [6.45, 7) is 2.81. The molecular weight excluding hydrogens is 330 g/mol. The lowest BCUT2D eigenvalue weighted by Crippen LogP contribution is -2.24. The Morgan fingerprint density at radius 2 is 2.14 bits per heavy atom. The maximum Gasteiger partial charge on any atom is 0.288 e. The van der Waals surface area contributed by atoms with Crippen molar-refractivity contribution in [3.05, 3.63) is 40.4 Å². The van der Waals surface area contributed by atoms with Gasteiger partial charge in [0.15, 0.2) is 10.6 Å². The highest BCUT2D eigenvalue weighted by Crippen LogP contribution is 2.25. The number of H-pyrrole nitrogens is 1. The van der Waals surface area contributed by atoms with Crippen molar-refractivity contribution >= 4 is 29.9 Å². The zero-order valence-corrected chi connectivity index (χ0v) is 13.3. The van der Waals surface area contributed by atoms with Gasteiger partial charge in [-0.25, -0.2) is 0 Å². The Bertz CT molecular complexity index is 697. The van der Waals surface area contributed by atoms with Crippen molar-refractivity contribution in [2.24, 2.45) is 0 Å². The number of aromatic amines is 1. The van der Waals surface area contributed by atoms with Gasteiger partial charge in [0.25, 0.3) is 11.7 Å². The molecular formula is C13H14F2N4OS2. The van der Waals surface area contributed by atoms with Gasteiger partial charge in [0, 0.05) is 17.0 Å². The van der Waals surface area contributed by atoms with Gasteiger partial charge in [-0.05, 0) is 43.4 Å². The second kappa shape index (κ2) is 7.50. The fourth-order valence-corrected chi connectivity index (χ4v) is 2.64. The average Bonchev–Trinajstić information content (AvgIpc) is 2.85. The smallest absolute Gasteiger partial charge is 0.288 e. The summed E-state index contributed by atoms with van der Waals surface area (Å²) in [5, 5.41) is 9.43. The van der Waals surface area contributed by atoms with Crippen molar-refractivity contribution < 1.29 is 13.6 Å². The molecule has 0 atom stereocenters. The molecule has 0 aliphatic heterocycles. The fraction of sp³-hybridized carbons (Fsp3) is 0.308. The molecule has 9 heteroatoms. The lowest BCUT2D eigenvalue weighted by Gasteiger charge is -2.07. The lowest BCUT2D eigenvalue weighted by atomic mass is 10.2. The Balaban J connectivity index is 1.98. The second-order valence-corrected chi connectivity index (χ2v) is 5.72. The third-order valence-electron chi connectivity index (χ3n) is 2.90. The molecule has 0 saturated carbocycles. The number of benzene rings is 1. The average molecular weight is 344 g/mol. The predicted molar refractivity (Wildman–Crippen MR) is 82.6 cm³/mol. The van der Waals surface area contributed by atoms with E-state index in [4.69, 9.17) is 12.2 Å². The quantitative estimate of drug-likeness (QED) is 0.624. The van der Waals surface area contributed by atoms with Gasteiger partial charge in [0.2, 0.25) is 0 Å². The standard InChI is InChI=1S/C13H14F2N4OS2/c1-2-19-10(17-18-13(19)21)7-16-11(20)8-3-5-9(6-4-8)22-12(14)15/h3-6,12H,2,7H2,1H3,(H,16,20)(H,18,21). The molecule has 22 heavy (non-hydrogen) atoms. The number of carbonyl (C=O) groups excluding carboxylic acids is 1. The van der Waals surface area contributed by atoms with E-state index in [0.29, 0.717) is 39.4 Å². The van der Waals surface area contributed by atoms with Gasteiger partial charge < -0.3 is 9.88 Å². The number of aromatic nitrogens is 3. The van der Waals surface area contributed by atoms with Crippen molar-refractivity contribution in [3.63, 3.8) is 0 Å². The summed E-state index contributed by atoms with van der Waals surface area (Å²) >= 11 is 5.51. The van der Waals surface area contributed by atoms with Gasteiger partial charge in [0.05, 0.1) is 6.54 Å². The number of amides is 1. The number of hydrogen-bond acceptors (Lipinski definition) is 4. The number of carbonyl (C=O) groups is 1. The van der Waals surface area contributed by atoms with Crippen LogP contribution in [0.1, 0.15) is 23.1 Å². The van der Waals surface area contributed by atoms with Gasteiger partial charge in [-0.3, -0.25) is 9.89 Å². The van der Waals surface area contributed by atoms with Crippen molar-refractivity contribution in [2.45, 2.75) is 30.7 Å². The molecule has 1 aromatic heterocycles. The molecule has 0 aliphatic carbocycles. The molecule has 2 N–H and O–H groups in total. The zero-order valence-electron chi connectivity index (χ0n) is 11.7. The summed E-state index contributed by atoms with van der Waals surface area (Å²) in [5.41, 5.74) is 0.399. The first-order valence-corrected chi connectivity index (χ1v) is 7.77. The van der Waals surface area contributed by atoms with Gasteiger partial charge in [0.1, 0.15) is 0 Å². The van der Waals surface area contributed by atoms with E-state index in [2.05, 4.69) is 15.5 Å². The summed E-state index contributed by atoms with van der Waals surface area (Å²) in [6, 6.07) is 6.01. The largest absolute Gasteiger partial charge is 0.345 e. The third-order valence-corrected chi connectivity index (χ3v) is 3.94. The summed E-state index contributed by atoms with van der Waals surface area (Å²) in [5.74, 6) is -2.15. The molecule has 0 fully saturated rings. The molecule has 0 radical (unpaired) electrons. The molecule has 0 aliphatic rings. The molecule has 1 aromatic carbocycles. The van der Waals surface area contributed by atoms with E-state index in [9.17, 15) is 13.6 Å². The minimum atomic E-state index is -2.48. The summed E-state index contributed by atoms with van der Waals surface area (Å²) in [4.78, 5) is 12.4. The number of thioether (sulfide) groups is 1. The molecule has 0 unspecified atom stereocenters. The molecule has 5 nitrogen and oxygen atoms in total. The monoisotopic (exact) mass is 344 g/mol. The molecule has 1 heterocycles. The van der Waals surface area contributed by atoms with Gasteiger partial charge in [-0.1, -0.05) is 11.8 Å². The van der Waals surface area contributed by atoms with E-state index in [1.165, 1.54) is 24.3 Å². The summed E-state index contributed by atoms with van der Waals surface area (Å²) < 4.78 is 26.7. The molecule has 1 amide bonds. The third kappa shape index (κ3) is 4.14. The molecule has 2 rings (SSSR count). The molecule has 118 valence electrons. The first-order chi connectivity index (χ1) is 10.5. The van der Waals surface area contributed by atoms with Crippen LogP contribution >= 0.6 is 24.0 Å². The van der Waals surface area contributed by atoms with E-state index in [-0.39, 0.29) is 12.5 Å². The number of hydrogen-bond donors (Lipinski definition) is 2. The topological polar surface area (TPSA) is 62.7 Å². The van der Waals surface area contributed by atoms with Crippen LogP contribution in [0.5, 0.6) is 0 Å². The van der Waals surface area contributed by atoms with Gasteiger partial charge in [-0.2, -0.15) is 13.9 Å². The molecule has 0 bridgehead atoms. The predicted octanol–water partition coefficient (Wildman–Crippen LogP) is 3.21. The minimum absolute atomic E-state index is 0.230. The van der Waals surface area contributed by atoms with Crippen LogP contribution in [0.25, 0.3) is 0 Å². The summed E-state index contributed by atoms with van der Waals surface area (Å²) in [7, 11) is 0. The van der Waals surface area contributed by atoms with Crippen molar-refractivity contribution in [1.29, 1.82) is 0 Å². The van der Waals surface area contributed by atoms with Crippen molar-refractivity contribution in [2.75, 3.05) is 0 Å². The Hall–Kier alpha value is -1.74. The Morgan fingerprint density at radius 3 is 2.73 bits per heavy atom. The van der Waals surface area contributed by atoms with Crippen LogP contribution in [0.4, 0.5) is 8.78 Å². The minimum Gasteiger partial charge on any atom is -0.345 e. The fourth-order valence-electron chi connectivity index (χ4n) is 1.86. The highest BCUT2D eigenvalue weighted by atomic mass is 32.2. The summed E-state index contributed by atoms with van der Waals surface area (Å²) in [6.07, 6.45) is 0.